The van der Waals surface area contributed by atoms with Crippen molar-refractivity contribution >= 4 is 6.29 Å². The summed E-state index contributed by atoms with van der Waals surface area (Å²) < 4.78 is 16.8. The zero-order valence-corrected chi connectivity index (χ0v) is 17.8. The maximum Gasteiger partial charge on any atom is 0.153 e. The monoisotopic (exact) mass is 423 g/mol. The summed E-state index contributed by atoms with van der Waals surface area (Å²) in [4.78, 5) is 13.2. The number of furan rings is 1. The van der Waals surface area contributed by atoms with Crippen LogP contribution < -0.4 is 9.47 Å². The van der Waals surface area contributed by atoms with Gasteiger partial charge in [-0.3, -0.25) is 9.69 Å². The van der Waals surface area contributed by atoms with Crippen molar-refractivity contribution in [1.29, 1.82) is 0 Å². The Morgan fingerprint density at radius 1 is 1.03 bits per heavy atom. The molecule has 0 aliphatic rings. The van der Waals surface area contributed by atoms with Crippen LogP contribution in [0.15, 0.2) is 71.3 Å². The first kappa shape index (κ1) is 22.6. The Balaban J connectivity index is 1.60. The Bertz CT molecular complexity index is 908. The molecule has 2 aromatic carbocycles. The average Bonchev–Trinajstić information content (AvgIpc) is 3.30. The predicted molar refractivity (Wildman–Crippen MR) is 118 cm³/mol. The van der Waals surface area contributed by atoms with Crippen LogP contribution >= 0.6 is 0 Å². The second-order valence-electron chi connectivity index (χ2n) is 7.36. The molecule has 0 saturated heterocycles. The van der Waals surface area contributed by atoms with Crippen LogP contribution in [0.4, 0.5) is 0 Å². The van der Waals surface area contributed by atoms with E-state index in [-0.39, 0.29) is 6.61 Å². The first-order chi connectivity index (χ1) is 15.2. The van der Waals surface area contributed by atoms with Crippen LogP contribution in [0, 0.1) is 0 Å². The van der Waals surface area contributed by atoms with Crippen LogP contribution in [0.25, 0.3) is 0 Å². The number of carbonyl (C=O) groups is 1. The van der Waals surface area contributed by atoms with Gasteiger partial charge in [-0.15, -0.1) is 0 Å². The second kappa shape index (κ2) is 11.9. The minimum absolute atomic E-state index is 0.0866. The van der Waals surface area contributed by atoms with Gasteiger partial charge in [0.15, 0.2) is 6.29 Å². The molecule has 0 aliphatic carbocycles. The van der Waals surface area contributed by atoms with E-state index >= 15 is 0 Å². The first-order valence-electron chi connectivity index (χ1n) is 10.5. The summed E-state index contributed by atoms with van der Waals surface area (Å²) in [5, 5.41) is 10.6. The van der Waals surface area contributed by atoms with Crippen molar-refractivity contribution < 1.29 is 23.8 Å². The summed E-state index contributed by atoms with van der Waals surface area (Å²) in [6, 6.07) is 18.7. The van der Waals surface area contributed by atoms with Crippen molar-refractivity contribution in [3.05, 3.63) is 83.8 Å². The highest BCUT2D eigenvalue weighted by molar-refractivity contribution is 5.79. The third-order valence-corrected chi connectivity index (χ3v) is 4.71. The van der Waals surface area contributed by atoms with Gasteiger partial charge in [-0.2, -0.15) is 0 Å². The SMILES string of the molecule is CCCOc1ccc(CN(Cc2ccco2)CC(O)COc2ccccc2C=O)cc1. The van der Waals surface area contributed by atoms with E-state index in [1.807, 2.05) is 36.4 Å². The van der Waals surface area contributed by atoms with E-state index < -0.39 is 6.10 Å². The average molecular weight is 424 g/mol. The van der Waals surface area contributed by atoms with Crippen LogP contribution in [-0.2, 0) is 13.1 Å². The highest BCUT2D eigenvalue weighted by Crippen LogP contribution is 2.18. The quantitative estimate of drug-likeness (QED) is 0.413. The van der Waals surface area contributed by atoms with E-state index in [4.69, 9.17) is 13.9 Å². The third-order valence-electron chi connectivity index (χ3n) is 4.71. The molecule has 0 aliphatic heterocycles. The molecule has 6 nitrogen and oxygen atoms in total. The van der Waals surface area contributed by atoms with E-state index in [1.54, 1.807) is 30.5 Å². The van der Waals surface area contributed by atoms with Crippen molar-refractivity contribution in [2.24, 2.45) is 0 Å². The molecule has 0 radical (unpaired) electrons. The molecular weight excluding hydrogens is 394 g/mol. The Kier molecular flexibility index (Phi) is 8.70. The maximum atomic E-state index is 11.1. The van der Waals surface area contributed by atoms with Crippen LogP contribution in [0.1, 0.15) is 35.0 Å². The topological polar surface area (TPSA) is 72.1 Å². The number of ether oxygens (including phenoxy) is 2. The van der Waals surface area contributed by atoms with Crippen molar-refractivity contribution in [1.82, 2.24) is 4.90 Å². The fourth-order valence-electron chi connectivity index (χ4n) is 3.22. The summed E-state index contributed by atoms with van der Waals surface area (Å²) in [5.41, 5.74) is 1.57. The van der Waals surface area contributed by atoms with Crippen LogP contribution in [-0.4, -0.2) is 42.2 Å². The fraction of sp³-hybridized carbons (Fsp3) is 0.320. The number of rotatable bonds is 13. The zero-order valence-electron chi connectivity index (χ0n) is 17.8. The lowest BCUT2D eigenvalue weighted by molar-refractivity contribution is 0.0601. The summed E-state index contributed by atoms with van der Waals surface area (Å²) >= 11 is 0. The van der Waals surface area contributed by atoms with Crippen LogP contribution in [0.5, 0.6) is 11.5 Å². The lowest BCUT2D eigenvalue weighted by Gasteiger charge is -2.24. The van der Waals surface area contributed by atoms with Gasteiger partial charge < -0.3 is 19.0 Å². The molecule has 3 rings (SSSR count). The largest absolute Gasteiger partial charge is 0.494 e. The van der Waals surface area contributed by atoms with Gasteiger partial charge in [0.25, 0.3) is 0 Å². The molecule has 31 heavy (non-hydrogen) atoms. The lowest BCUT2D eigenvalue weighted by atomic mass is 10.2. The number of nitrogens with zero attached hydrogens (tertiary/aromatic N) is 1. The number of hydrogen-bond donors (Lipinski definition) is 1. The van der Waals surface area contributed by atoms with E-state index in [2.05, 4.69) is 11.8 Å². The molecule has 0 saturated carbocycles. The molecule has 1 heterocycles. The van der Waals surface area contributed by atoms with Gasteiger partial charge in [-0.05, 0) is 48.4 Å². The molecule has 6 heteroatoms. The summed E-state index contributed by atoms with van der Waals surface area (Å²) in [5.74, 6) is 2.14. The van der Waals surface area contributed by atoms with Crippen molar-refractivity contribution in [2.75, 3.05) is 19.8 Å². The van der Waals surface area contributed by atoms with Crippen LogP contribution in [0.2, 0.25) is 0 Å². The van der Waals surface area contributed by atoms with Gasteiger partial charge in [0.2, 0.25) is 0 Å². The Morgan fingerprint density at radius 2 is 1.84 bits per heavy atom. The smallest absolute Gasteiger partial charge is 0.153 e. The van der Waals surface area contributed by atoms with Gasteiger partial charge >= 0.3 is 0 Å². The number of aliphatic hydroxyl groups is 1. The van der Waals surface area contributed by atoms with Gasteiger partial charge in [-0.1, -0.05) is 31.2 Å². The molecule has 0 fully saturated rings. The van der Waals surface area contributed by atoms with Gasteiger partial charge in [-0.25, -0.2) is 0 Å². The number of benzene rings is 2. The lowest BCUT2D eigenvalue weighted by Crippen LogP contribution is -2.35. The van der Waals surface area contributed by atoms with Gasteiger partial charge in [0.1, 0.15) is 30.0 Å². The molecule has 1 aromatic heterocycles. The maximum absolute atomic E-state index is 11.1. The molecular formula is C25H29NO5. The summed E-state index contributed by atoms with van der Waals surface area (Å²) in [7, 11) is 0. The van der Waals surface area contributed by atoms with Crippen molar-refractivity contribution in [2.45, 2.75) is 32.5 Å². The molecule has 0 bridgehead atoms. The molecule has 0 amide bonds. The highest BCUT2D eigenvalue weighted by Gasteiger charge is 2.16. The standard InChI is InChI=1S/C25H29NO5/c1-2-13-29-23-11-9-20(10-12-23)15-26(17-24-7-5-14-30-24)16-22(28)19-31-25-8-4-3-6-21(25)18-27/h3-12,14,18,22,28H,2,13,15-17,19H2,1H3. The summed E-state index contributed by atoms with van der Waals surface area (Å²) in [6.45, 7) is 4.44. The normalized spacial score (nSPS) is 12.0. The van der Waals surface area contributed by atoms with Crippen LogP contribution in [0.3, 0.4) is 0 Å². The molecule has 1 N–H and O–H groups in total. The minimum atomic E-state index is -0.734. The number of para-hydroxylation sites is 1. The van der Waals surface area contributed by atoms with E-state index in [1.165, 1.54) is 0 Å². The van der Waals surface area contributed by atoms with E-state index in [0.29, 0.717) is 37.6 Å². The minimum Gasteiger partial charge on any atom is -0.494 e. The van der Waals surface area contributed by atoms with Crippen molar-refractivity contribution in [3.8, 4) is 11.5 Å². The van der Waals surface area contributed by atoms with Gasteiger partial charge in [0.05, 0.1) is 25.0 Å². The highest BCUT2D eigenvalue weighted by atomic mass is 16.5. The fourth-order valence-corrected chi connectivity index (χ4v) is 3.22. The molecule has 3 aromatic rings. The number of hydrogen-bond acceptors (Lipinski definition) is 6. The first-order valence-corrected chi connectivity index (χ1v) is 10.5. The van der Waals surface area contributed by atoms with E-state index in [0.717, 1.165) is 29.8 Å². The third kappa shape index (κ3) is 7.27. The number of aliphatic hydroxyl groups excluding tert-OH is 1. The predicted octanol–water partition coefficient (Wildman–Crippen LogP) is 4.32. The molecule has 164 valence electrons. The Hall–Kier alpha value is -3.09. The molecule has 1 atom stereocenters. The van der Waals surface area contributed by atoms with E-state index in [9.17, 15) is 9.90 Å². The van der Waals surface area contributed by atoms with Crippen molar-refractivity contribution in [3.63, 3.8) is 0 Å². The summed E-state index contributed by atoms with van der Waals surface area (Å²) in [6.07, 6.45) is 2.62. The zero-order chi connectivity index (χ0) is 21.9. The Labute approximate surface area is 183 Å². The number of carbonyl (C=O) groups excluding carboxylic acids is 1. The molecule has 0 spiro atoms. The van der Waals surface area contributed by atoms with Gasteiger partial charge in [0, 0.05) is 13.1 Å². The second-order valence-corrected chi connectivity index (χ2v) is 7.36. The Morgan fingerprint density at radius 3 is 2.55 bits per heavy atom. The molecule has 1 unspecified atom stereocenters. The number of aldehydes is 1.